The summed E-state index contributed by atoms with van der Waals surface area (Å²) < 4.78 is 8.83. The van der Waals surface area contributed by atoms with E-state index in [1.165, 1.54) is 58.2 Å². The van der Waals surface area contributed by atoms with E-state index < -0.39 is 0 Å². The predicted molar refractivity (Wildman–Crippen MR) is 194 cm³/mol. The van der Waals surface area contributed by atoms with Gasteiger partial charge in [-0.25, -0.2) is 0 Å². The van der Waals surface area contributed by atoms with Crippen LogP contribution in [0.2, 0.25) is 0 Å². The summed E-state index contributed by atoms with van der Waals surface area (Å²) in [6.45, 7) is 0. The Hall–Kier alpha value is -5.64. The van der Waals surface area contributed by atoms with E-state index >= 15 is 0 Å². The summed E-state index contributed by atoms with van der Waals surface area (Å²) >= 11 is 1.85. The molecule has 0 unspecified atom stereocenters. The molecule has 0 amide bonds. The molecule has 10 aromatic rings. The van der Waals surface area contributed by atoms with Gasteiger partial charge in [0.2, 0.25) is 0 Å². The monoisotopic (exact) mass is 591 g/mol. The number of para-hydroxylation sites is 1. The maximum absolute atomic E-state index is 6.25. The summed E-state index contributed by atoms with van der Waals surface area (Å²) in [6.07, 6.45) is 0. The number of anilines is 3. The van der Waals surface area contributed by atoms with Gasteiger partial charge in [-0.05, 0) is 75.5 Å². The van der Waals surface area contributed by atoms with Crippen LogP contribution in [-0.4, -0.2) is 0 Å². The topological polar surface area (TPSA) is 16.4 Å². The number of hydrogen-bond donors (Lipinski definition) is 0. The number of rotatable bonds is 3. The fraction of sp³-hybridized carbons (Fsp3) is 0. The first-order valence-corrected chi connectivity index (χ1v) is 16.1. The molecule has 2 aromatic heterocycles. The lowest BCUT2D eigenvalue weighted by atomic mass is 9.96. The zero-order chi connectivity index (χ0) is 29.5. The lowest BCUT2D eigenvalue weighted by molar-refractivity contribution is 0.669. The van der Waals surface area contributed by atoms with Crippen LogP contribution < -0.4 is 4.90 Å². The van der Waals surface area contributed by atoms with Gasteiger partial charge in [0.05, 0.1) is 11.4 Å². The van der Waals surface area contributed by atoms with Gasteiger partial charge in [0.15, 0.2) is 0 Å². The highest BCUT2D eigenvalue weighted by molar-refractivity contribution is 7.26. The number of fused-ring (bicyclic) bond motifs is 11. The maximum atomic E-state index is 6.25. The minimum Gasteiger partial charge on any atom is -0.456 e. The van der Waals surface area contributed by atoms with Gasteiger partial charge in [-0.3, -0.25) is 0 Å². The molecule has 0 bridgehead atoms. The van der Waals surface area contributed by atoms with E-state index in [4.69, 9.17) is 4.42 Å². The number of benzene rings is 8. The lowest BCUT2D eigenvalue weighted by Crippen LogP contribution is -2.11. The Morgan fingerprint density at radius 3 is 2.00 bits per heavy atom. The first-order valence-electron chi connectivity index (χ1n) is 15.3. The Labute approximate surface area is 263 Å². The second kappa shape index (κ2) is 9.43. The molecular weight excluding hydrogens is 567 g/mol. The van der Waals surface area contributed by atoms with Crippen molar-refractivity contribution >= 4 is 103 Å². The summed E-state index contributed by atoms with van der Waals surface area (Å²) in [5.74, 6) is 0. The van der Waals surface area contributed by atoms with Crippen LogP contribution in [0.3, 0.4) is 0 Å². The molecule has 45 heavy (non-hydrogen) atoms. The molecule has 0 atom stereocenters. The van der Waals surface area contributed by atoms with Gasteiger partial charge in [-0.2, -0.15) is 0 Å². The molecule has 2 heterocycles. The zero-order valence-corrected chi connectivity index (χ0v) is 25.0. The third-order valence-corrected chi connectivity index (χ3v) is 10.4. The summed E-state index contributed by atoms with van der Waals surface area (Å²) in [5, 5.41) is 12.4. The van der Waals surface area contributed by atoms with Gasteiger partial charge in [0, 0.05) is 42.0 Å². The standard InChI is InChI=1S/C42H25NOS/c1-2-10-28-26(9-1)19-21-31-29-13-7-14-36(32(29)23-22-30(28)31)43(27-20-24-39-35(25-27)33-11-3-5-16-38(33)44-39)37-15-8-18-41-42(37)34-12-4-6-17-40(34)45-41/h1-25H. The highest BCUT2D eigenvalue weighted by Gasteiger charge is 2.21. The van der Waals surface area contributed by atoms with Crippen molar-refractivity contribution in [3.05, 3.63) is 152 Å². The minimum atomic E-state index is 0.898. The highest BCUT2D eigenvalue weighted by atomic mass is 32.1. The van der Waals surface area contributed by atoms with E-state index in [1.54, 1.807) is 0 Å². The maximum Gasteiger partial charge on any atom is 0.135 e. The van der Waals surface area contributed by atoms with Gasteiger partial charge < -0.3 is 9.32 Å². The zero-order valence-electron chi connectivity index (χ0n) is 24.2. The van der Waals surface area contributed by atoms with E-state index in [1.807, 2.05) is 23.5 Å². The Balaban J connectivity index is 1.31. The SMILES string of the molecule is c1ccc2c(c1)ccc1c3cccc(N(c4ccc5oc6ccccc6c5c4)c4cccc5sc6ccccc6c45)c3ccc21. The van der Waals surface area contributed by atoms with Crippen molar-refractivity contribution in [1.29, 1.82) is 0 Å². The molecule has 0 fully saturated rings. The molecule has 0 radical (unpaired) electrons. The van der Waals surface area contributed by atoms with Crippen molar-refractivity contribution in [2.24, 2.45) is 0 Å². The number of nitrogens with zero attached hydrogens (tertiary/aromatic N) is 1. The van der Waals surface area contributed by atoms with E-state index in [0.717, 1.165) is 33.3 Å². The predicted octanol–water partition coefficient (Wildman–Crippen LogP) is 12.9. The van der Waals surface area contributed by atoms with Crippen molar-refractivity contribution in [3.8, 4) is 0 Å². The van der Waals surface area contributed by atoms with E-state index in [0.29, 0.717) is 0 Å². The molecule has 0 N–H and O–H groups in total. The molecule has 10 rings (SSSR count). The largest absolute Gasteiger partial charge is 0.456 e. The molecular formula is C42H25NOS. The molecule has 210 valence electrons. The fourth-order valence-corrected chi connectivity index (χ4v) is 8.36. The normalized spacial score (nSPS) is 12.0. The fourth-order valence-electron chi connectivity index (χ4n) is 7.24. The van der Waals surface area contributed by atoms with E-state index in [9.17, 15) is 0 Å². The van der Waals surface area contributed by atoms with Crippen LogP contribution in [0, 0.1) is 0 Å². The van der Waals surface area contributed by atoms with Gasteiger partial charge in [0.25, 0.3) is 0 Å². The van der Waals surface area contributed by atoms with Crippen LogP contribution >= 0.6 is 11.3 Å². The van der Waals surface area contributed by atoms with Crippen LogP contribution in [0.4, 0.5) is 17.1 Å². The Morgan fingerprint density at radius 1 is 0.400 bits per heavy atom. The number of furan rings is 1. The van der Waals surface area contributed by atoms with Crippen molar-refractivity contribution in [3.63, 3.8) is 0 Å². The van der Waals surface area contributed by atoms with Crippen LogP contribution in [-0.2, 0) is 0 Å². The third-order valence-electron chi connectivity index (χ3n) is 9.24. The Kier molecular flexibility index (Phi) is 5.19. The highest BCUT2D eigenvalue weighted by Crippen LogP contribution is 2.48. The van der Waals surface area contributed by atoms with Gasteiger partial charge in [-0.1, -0.05) is 103 Å². The first-order chi connectivity index (χ1) is 22.3. The summed E-state index contributed by atoms with van der Waals surface area (Å²) in [4.78, 5) is 2.46. The molecule has 0 aliphatic heterocycles. The molecule has 0 saturated carbocycles. The summed E-state index contributed by atoms with van der Waals surface area (Å²) in [6, 6.07) is 54.9. The summed E-state index contributed by atoms with van der Waals surface area (Å²) in [7, 11) is 0. The molecule has 8 aromatic carbocycles. The average molecular weight is 592 g/mol. The number of thiophene rings is 1. The second-order valence-corrected chi connectivity index (χ2v) is 12.8. The number of hydrogen-bond acceptors (Lipinski definition) is 3. The first kappa shape index (κ1) is 24.8. The molecule has 0 spiro atoms. The van der Waals surface area contributed by atoms with Crippen molar-refractivity contribution in [2.45, 2.75) is 0 Å². The van der Waals surface area contributed by atoms with Gasteiger partial charge in [0.1, 0.15) is 11.2 Å². The third kappa shape index (κ3) is 3.62. The molecule has 0 saturated heterocycles. The Bertz CT molecular complexity index is 2790. The molecule has 0 aliphatic carbocycles. The second-order valence-electron chi connectivity index (χ2n) is 11.7. The van der Waals surface area contributed by atoms with Gasteiger partial charge >= 0.3 is 0 Å². The molecule has 2 nitrogen and oxygen atoms in total. The average Bonchev–Trinajstić information content (AvgIpc) is 3.67. The van der Waals surface area contributed by atoms with Crippen molar-refractivity contribution < 1.29 is 4.42 Å². The lowest BCUT2D eigenvalue weighted by Gasteiger charge is -2.28. The van der Waals surface area contributed by atoms with Gasteiger partial charge in [-0.15, -0.1) is 11.3 Å². The molecule has 0 aliphatic rings. The minimum absolute atomic E-state index is 0.898. The van der Waals surface area contributed by atoms with Crippen LogP contribution in [0.15, 0.2) is 156 Å². The van der Waals surface area contributed by atoms with E-state index in [2.05, 4.69) is 144 Å². The quantitative estimate of drug-likeness (QED) is 0.190. The van der Waals surface area contributed by atoms with Crippen LogP contribution in [0.5, 0.6) is 0 Å². The van der Waals surface area contributed by atoms with E-state index in [-0.39, 0.29) is 0 Å². The van der Waals surface area contributed by atoms with Crippen LogP contribution in [0.1, 0.15) is 0 Å². The van der Waals surface area contributed by atoms with Crippen LogP contribution in [0.25, 0.3) is 74.4 Å². The van der Waals surface area contributed by atoms with Crippen molar-refractivity contribution in [1.82, 2.24) is 0 Å². The smallest absolute Gasteiger partial charge is 0.135 e. The summed E-state index contributed by atoms with van der Waals surface area (Å²) in [5.41, 5.74) is 5.23. The molecule has 3 heteroatoms. The Morgan fingerprint density at radius 2 is 1.04 bits per heavy atom. The van der Waals surface area contributed by atoms with Crippen molar-refractivity contribution in [2.75, 3.05) is 4.90 Å².